The molecular weight excluding hydrogens is 358 g/mol. The number of fused-ring (bicyclic) bond motifs is 1. The summed E-state index contributed by atoms with van der Waals surface area (Å²) in [6.45, 7) is 2.01. The van der Waals surface area contributed by atoms with Crippen LogP contribution in [0.2, 0.25) is 5.02 Å². The SMILES string of the molecule is Cc1ccc(S(=O)(=O)N2CCC(C#N)=C(N)c3ccc(Cl)cc32)cc1. The summed E-state index contributed by atoms with van der Waals surface area (Å²) < 4.78 is 27.6. The third-order valence-electron chi connectivity index (χ3n) is 4.15. The van der Waals surface area contributed by atoms with Crippen molar-refractivity contribution in [3.05, 3.63) is 64.2 Å². The van der Waals surface area contributed by atoms with Crippen LogP contribution in [0, 0.1) is 18.3 Å². The molecule has 0 aliphatic carbocycles. The first kappa shape index (κ1) is 17.3. The van der Waals surface area contributed by atoms with Crippen molar-refractivity contribution in [2.45, 2.75) is 18.2 Å². The molecule has 0 radical (unpaired) electrons. The van der Waals surface area contributed by atoms with Crippen molar-refractivity contribution in [1.82, 2.24) is 0 Å². The lowest BCUT2D eigenvalue weighted by Crippen LogP contribution is -2.32. The molecule has 0 amide bonds. The lowest BCUT2D eigenvalue weighted by molar-refractivity contribution is 0.591. The summed E-state index contributed by atoms with van der Waals surface area (Å²) in [5.74, 6) is 0. The monoisotopic (exact) mass is 373 g/mol. The zero-order chi connectivity index (χ0) is 18.2. The highest BCUT2D eigenvalue weighted by Crippen LogP contribution is 2.36. The molecule has 2 aromatic rings. The van der Waals surface area contributed by atoms with Crippen molar-refractivity contribution >= 4 is 33.0 Å². The van der Waals surface area contributed by atoms with Crippen LogP contribution in [0.3, 0.4) is 0 Å². The average molecular weight is 374 g/mol. The van der Waals surface area contributed by atoms with Crippen LogP contribution in [-0.2, 0) is 10.0 Å². The highest BCUT2D eigenvalue weighted by atomic mass is 35.5. The van der Waals surface area contributed by atoms with E-state index in [1.165, 1.54) is 4.31 Å². The highest BCUT2D eigenvalue weighted by Gasteiger charge is 2.30. The molecule has 0 fully saturated rings. The lowest BCUT2D eigenvalue weighted by Gasteiger charge is -2.25. The van der Waals surface area contributed by atoms with E-state index in [-0.39, 0.29) is 23.6 Å². The number of anilines is 1. The zero-order valence-corrected chi connectivity index (χ0v) is 15.1. The van der Waals surface area contributed by atoms with Gasteiger partial charge in [-0.25, -0.2) is 8.42 Å². The fraction of sp³-hybridized carbons (Fsp3) is 0.167. The number of aryl methyl sites for hydroxylation is 1. The Balaban J connectivity index is 2.19. The van der Waals surface area contributed by atoms with Gasteiger partial charge < -0.3 is 5.73 Å². The molecule has 0 saturated carbocycles. The van der Waals surface area contributed by atoms with Crippen LogP contribution in [0.1, 0.15) is 17.5 Å². The van der Waals surface area contributed by atoms with Gasteiger partial charge in [0.25, 0.3) is 10.0 Å². The van der Waals surface area contributed by atoms with Gasteiger partial charge in [-0.1, -0.05) is 29.3 Å². The molecular formula is C18H16ClN3O2S. The van der Waals surface area contributed by atoms with Crippen molar-refractivity contribution in [3.63, 3.8) is 0 Å². The van der Waals surface area contributed by atoms with Gasteiger partial charge >= 0.3 is 0 Å². The zero-order valence-electron chi connectivity index (χ0n) is 13.5. The van der Waals surface area contributed by atoms with Crippen LogP contribution in [0.15, 0.2) is 52.9 Å². The first-order chi connectivity index (χ1) is 11.8. The molecule has 2 aromatic carbocycles. The first-order valence-corrected chi connectivity index (χ1v) is 9.44. The molecule has 0 unspecified atom stereocenters. The maximum absolute atomic E-state index is 13.2. The summed E-state index contributed by atoms with van der Waals surface area (Å²) in [6.07, 6.45) is 0.236. The number of halogens is 1. The fourth-order valence-electron chi connectivity index (χ4n) is 2.77. The number of rotatable bonds is 2. The third kappa shape index (κ3) is 3.09. The average Bonchev–Trinajstić information content (AvgIpc) is 2.71. The van der Waals surface area contributed by atoms with Gasteiger partial charge in [-0.15, -0.1) is 0 Å². The molecule has 0 aromatic heterocycles. The topological polar surface area (TPSA) is 87.2 Å². The predicted octanol–water partition coefficient (Wildman–Crippen LogP) is 3.44. The van der Waals surface area contributed by atoms with E-state index in [4.69, 9.17) is 17.3 Å². The van der Waals surface area contributed by atoms with E-state index in [1.807, 2.05) is 6.92 Å². The molecule has 0 spiro atoms. The normalized spacial score (nSPS) is 14.7. The second kappa shape index (κ2) is 6.43. The van der Waals surface area contributed by atoms with Crippen LogP contribution < -0.4 is 10.0 Å². The molecule has 0 saturated heterocycles. The summed E-state index contributed by atoms with van der Waals surface area (Å²) in [7, 11) is -3.80. The number of nitriles is 1. The molecule has 1 aliphatic heterocycles. The quantitative estimate of drug-likeness (QED) is 0.873. The molecule has 1 heterocycles. The molecule has 25 heavy (non-hydrogen) atoms. The minimum atomic E-state index is -3.80. The van der Waals surface area contributed by atoms with Crippen LogP contribution in [0.4, 0.5) is 5.69 Å². The number of benzene rings is 2. The van der Waals surface area contributed by atoms with Crippen molar-refractivity contribution in [3.8, 4) is 6.07 Å². The van der Waals surface area contributed by atoms with Gasteiger partial charge in [-0.3, -0.25) is 4.31 Å². The second-order valence-electron chi connectivity index (χ2n) is 5.81. The number of hydrogen-bond donors (Lipinski definition) is 1. The third-order valence-corrected chi connectivity index (χ3v) is 6.22. The maximum Gasteiger partial charge on any atom is 0.264 e. The Hall–Kier alpha value is -2.49. The number of nitrogens with two attached hydrogens (primary N) is 1. The van der Waals surface area contributed by atoms with E-state index < -0.39 is 10.0 Å². The smallest absolute Gasteiger partial charge is 0.264 e. The Morgan fingerprint density at radius 1 is 1.20 bits per heavy atom. The number of hydrogen-bond acceptors (Lipinski definition) is 4. The Bertz CT molecular complexity index is 1010. The van der Waals surface area contributed by atoms with Crippen LogP contribution in [-0.4, -0.2) is 15.0 Å². The van der Waals surface area contributed by atoms with Crippen molar-refractivity contribution in [2.75, 3.05) is 10.8 Å². The summed E-state index contributed by atoms with van der Waals surface area (Å²) >= 11 is 6.09. The highest BCUT2D eigenvalue weighted by molar-refractivity contribution is 7.92. The van der Waals surface area contributed by atoms with Crippen LogP contribution in [0.25, 0.3) is 5.70 Å². The van der Waals surface area contributed by atoms with Crippen molar-refractivity contribution in [1.29, 1.82) is 5.26 Å². The summed E-state index contributed by atoms with van der Waals surface area (Å²) in [5.41, 5.74) is 8.61. The first-order valence-electron chi connectivity index (χ1n) is 7.62. The van der Waals surface area contributed by atoms with Gasteiger partial charge in [-0.05, 0) is 37.3 Å². The van der Waals surface area contributed by atoms with Gasteiger partial charge in [0, 0.05) is 23.6 Å². The van der Waals surface area contributed by atoms with Gasteiger partial charge in [-0.2, -0.15) is 5.26 Å². The van der Waals surface area contributed by atoms with E-state index in [0.717, 1.165) is 5.56 Å². The van der Waals surface area contributed by atoms with Crippen molar-refractivity contribution in [2.24, 2.45) is 5.73 Å². The molecule has 1 aliphatic rings. The predicted molar refractivity (Wildman–Crippen MR) is 98.5 cm³/mol. The maximum atomic E-state index is 13.2. The van der Waals surface area contributed by atoms with E-state index in [9.17, 15) is 13.7 Å². The van der Waals surface area contributed by atoms with E-state index >= 15 is 0 Å². The second-order valence-corrected chi connectivity index (χ2v) is 8.10. The van der Waals surface area contributed by atoms with Gasteiger partial charge in [0.1, 0.15) is 0 Å². The molecule has 0 bridgehead atoms. The summed E-state index contributed by atoms with van der Waals surface area (Å²) in [5, 5.41) is 9.72. The minimum Gasteiger partial charge on any atom is -0.397 e. The number of nitrogens with zero attached hydrogens (tertiary/aromatic N) is 2. The van der Waals surface area contributed by atoms with Crippen LogP contribution >= 0.6 is 11.6 Å². The van der Waals surface area contributed by atoms with E-state index in [2.05, 4.69) is 6.07 Å². The summed E-state index contributed by atoms with van der Waals surface area (Å²) in [6, 6.07) is 13.5. The minimum absolute atomic E-state index is 0.118. The van der Waals surface area contributed by atoms with Crippen molar-refractivity contribution < 1.29 is 8.42 Å². The summed E-state index contributed by atoms with van der Waals surface area (Å²) in [4.78, 5) is 0.183. The van der Waals surface area contributed by atoms with Gasteiger partial charge in [0.15, 0.2) is 0 Å². The van der Waals surface area contributed by atoms with Crippen LogP contribution in [0.5, 0.6) is 0 Å². The van der Waals surface area contributed by atoms with E-state index in [1.54, 1.807) is 42.5 Å². The standard InChI is InChI=1S/C18H16ClN3O2S/c1-12-2-5-15(6-3-12)25(23,24)22-9-8-13(11-20)18(21)16-7-4-14(19)10-17(16)22/h2-7,10H,8-9,21H2,1H3. The van der Waals surface area contributed by atoms with Gasteiger partial charge in [0.05, 0.1) is 27.9 Å². The molecule has 3 rings (SSSR count). The fourth-order valence-corrected chi connectivity index (χ4v) is 4.42. The molecule has 0 atom stereocenters. The molecule has 5 nitrogen and oxygen atoms in total. The molecule has 2 N–H and O–H groups in total. The molecule has 7 heteroatoms. The van der Waals surface area contributed by atoms with E-state index in [0.29, 0.717) is 21.8 Å². The molecule has 128 valence electrons. The number of sulfonamides is 1. The van der Waals surface area contributed by atoms with Gasteiger partial charge in [0.2, 0.25) is 0 Å². The Morgan fingerprint density at radius 3 is 2.52 bits per heavy atom. The largest absolute Gasteiger partial charge is 0.397 e. The Labute approximate surface area is 152 Å². The Morgan fingerprint density at radius 2 is 1.88 bits per heavy atom. The Kier molecular flexibility index (Phi) is 4.46. The lowest BCUT2D eigenvalue weighted by atomic mass is 10.1.